The summed E-state index contributed by atoms with van der Waals surface area (Å²) in [6.45, 7) is 3.60. The molecule has 1 aromatic heterocycles. The van der Waals surface area contributed by atoms with Gasteiger partial charge in [0.1, 0.15) is 24.8 Å². The van der Waals surface area contributed by atoms with Gasteiger partial charge in [0.25, 0.3) is 0 Å². The quantitative estimate of drug-likeness (QED) is 0.516. The van der Waals surface area contributed by atoms with E-state index in [1.807, 2.05) is 0 Å². The van der Waals surface area contributed by atoms with Crippen LogP contribution in [0.25, 0.3) is 10.9 Å². The van der Waals surface area contributed by atoms with Crippen molar-refractivity contribution in [2.24, 2.45) is 17.0 Å². The number of esters is 1. The normalized spacial score (nSPS) is 19.3. The minimum atomic E-state index is -0.499. The fraction of sp³-hybridized carbons (Fsp3) is 0.391. The Morgan fingerprint density at radius 1 is 1.39 bits per heavy atom. The SMILES string of the molecule is CCOC(=O)c1c(OCC2CCCN2C2=C=C3NCN=C3NC=N2)c2cc(F)ccc2n1C. The molecule has 2 aromatic rings. The molecule has 0 radical (unpaired) electrons. The summed E-state index contributed by atoms with van der Waals surface area (Å²) in [7, 11) is 1.75. The van der Waals surface area contributed by atoms with E-state index in [9.17, 15) is 9.18 Å². The molecule has 9 nitrogen and oxygen atoms in total. The summed E-state index contributed by atoms with van der Waals surface area (Å²) in [5.74, 6) is 0.855. The lowest BCUT2D eigenvalue weighted by atomic mass is 10.2. The second-order valence-electron chi connectivity index (χ2n) is 7.99. The number of halogens is 1. The lowest BCUT2D eigenvalue weighted by Gasteiger charge is -2.25. The van der Waals surface area contributed by atoms with Gasteiger partial charge in [0.05, 0.1) is 24.5 Å². The fourth-order valence-corrected chi connectivity index (χ4v) is 4.45. The molecule has 3 aliphatic rings. The van der Waals surface area contributed by atoms with Crippen LogP contribution < -0.4 is 15.4 Å². The van der Waals surface area contributed by atoms with Crippen LogP contribution in [0.15, 0.2) is 45.4 Å². The van der Waals surface area contributed by atoms with Crippen LogP contribution in [0.1, 0.15) is 30.3 Å². The predicted molar refractivity (Wildman–Crippen MR) is 122 cm³/mol. The lowest BCUT2D eigenvalue weighted by molar-refractivity contribution is 0.0509. The van der Waals surface area contributed by atoms with Gasteiger partial charge in [-0.1, -0.05) is 0 Å². The molecule has 33 heavy (non-hydrogen) atoms. The third kappa shape index (κ3) is 3.82. The second-order valence-corrected chi connectivity index (χ2v) is 7.99. The Labute approximate surface area is 190 Å². The number of nitrogens with zero attached hydrogens (tertiary/aromatic N) is 4. The van der Waals surface area contributed by atoms with Crippen LogP contribution in [-0.2, 0) is 11.8 Å². The molecule has 5 rings (SSSR count). The predicted octanol–water partition coefficient (Wildman–Crippen LogP) is 2.25. The van der Waals surface area contributed by atoms with Crippen molar-refractivity contribution in [1.82, 2.24) is 20.1 Å². The third-order valence-corrected chi connectivity index (χ3v) is 6.01. The van der Waals surface area contributed by atoms with Crippen molar-refractivity contribution in [3.05, 3.63) is 47.0 Å². The Morgan fingerprint density at radius 3 is 3.12 bits per heavy atom. The summed E-state index contributed by atoms with van der Waals surface area (Å²) in [5, 5.41) is 6.77. The van der Waals surface area contributed by atoms with Crippen molar-refractivity contribution in [1.29, 1.82) is 0 Å². The topological polar surface area (TPSA) is 92.5 Å². The summed E-state index contributed by atoms with van der Waals surface area (Å²) in [5.41, 5.74) is 5.06. The van der Waals surface area contributed by atoms with Crippen molar-refractivity contribution in [3.63, 3.8) is 0 Å². The summed E-state index contributed by atoms with van der Waals surface area (Å²) in [6.07, 6.45) is 3.48. The van der Waals surface area contributed by atoms with E-state index in [0.29, 0.717) is 35.7 Å². The molecule has 3 aliphatic heterocycles. The first kappa shape index (κ1) is 21.1. The largest absolute Gasteiger partial charge is 0.488 e. The summed E-state index contributed by atoms with van der Waals surface area (Å²) in [4.78, 5) is 23.7. The highest BCUT2D eigenvalue weighted by Crippen LogP contribution is 2.35. The van der Waals surface area contributed by atoms with Gasteiger partial charge in [0, 0.05) is 19.0 Å². The first-order valence-corrected chi connectivity index (χ1v) is 11.0. The number of aliphatic imine (C=N–C) groups is 2. The van der Waals surface area contributed by atoms with Crippen LogP contribution in [-0.4, -0.2) is 60.1 Å². The fourth-order valence-electron chi connectivity index (χ4n) is 4.45. The van der Waals surface area contributed by atoms with E-state index in [1.165, 1.54) is 12.1 Å². The number of amidine groups is 1. The second kappa shape index (κ2) is 8.63. The smallest absolute Gasteiger partial charge is 0.358 e. The molecule has 0 amide bonds. The van der Waals surface area contributed by atoms with E-state index in [-0.39, 0.29) is 18.3 Å². The molecular formula is C23H25FN6O3. The molecule has 4 heterocycles. The first-order chi connectivity index (χ1) is 16.1. The Hall–Kier alpha value is -3.78. The number of carbonyl (C=O) groups excluding carboxylic acids is 1. The molecule has 0 bridgehead atoms. The number of hydrogen-bond donors (Lipinski definition) is 2. The monoisotopic (exact) mass is 452 g/mol. The summed E-state index contributed by atoms with van der Waals surface area (Å²) in [6, 6.07) is 4.41. The van der Waals surface area contributed by atoms with E-state index in [2.05, 4.69) is 31.2 Å². The maximum Gasteiger partial charge on any atom is 0.358 e. The van der Waals surface area contributed by atoms with Gasteiger partial charge < -0.3 is 29.6 Å². The molecule has 2 N–H and O–H groups in total. The number of aromatic nitrogens is 1. The maximum absolute atomic E-state index is 14.1. The van der Waals surface area contributed by atoms with Gasteiger partial charge in [-0.25, -0.2) is 19.2 Å². The third-order valence-electron chi connectivity index (χ3n) is 6.01. The average molecular weight is 452 g/mol. The zero-order valence-corrected chi connectivity index (χ0v) is 18.5. The van der Waals surface area contributed by atoms with Gasteiger partial charge in [-0.3, -0.25) is 0 Å². The zero-order chi connectivity index (χ0) is 22.9. The summed E-state index contributed by atoms with van der Waals surface area (Å²) < 4.78 is 27.2. The zero-order valence-electron chi connectivity index (χ0n) is 18.5. The van der Waals surface area contributed by atoms with Gasteiger partial charge in [-0.2, -0.15) is 0 Å². The van der Waals surface area contributed by atoms with E-state index in [1.54, 1.807) is 30.9 Å². The minimum Gasteiger partial charge on any atom is -0.488 e. The van der Waals surface area contributed by atoms with Crippen LogP contribution in [0.4, 0.5) is 4.39 Å². The van der Waals surface area contributed by atoms with Crippen LogP contribution in [0, 0.1) is 5.82 Å². The number of nitrogens with one attached hydrogen (secondary N) is 2. The number of fused-ring (bicyclic) bond motifs is 2. The molecule has 1 atom stereocenters. The van der Waals surface area contributed by atoms with Gasteiger partial charge in [-0.15, -0.1) is 0 Å². The number of benzene rings is 1. The van der Waals surface area contributed by atoms with Crippen molar-refractivity contribution in [2.45, 2.75) is 25.8 Å². The minimum absolute atomic E-state index is 0.0176. The molecule has 0 aliphatic carbocycles. The van der Waals surface area contributed by atoms with E-state index >= 15 is 0 Å². The molecule has 0 spiro atoms. The van der Waals surface area contributed by atoms with Gasteiger partial charge in [-0.05, 0) is 43.7 Å². The highest BCUT2D eigenvalue weighted by atomic mass is 19.1. The van der Waals surface area contributed by atoms with Crippen LogP contribution in [0.2, 0.25) is 0 Å². The van der Waals surface area contributed by atoms with Crippen molar-refractivity contribution >= 4 is 29.0 Å². The van der Waals surface area contributed by atoms with Gasteiger partial charge in [0.15, 0.2) is 23.1 Å². The van der Waals surface area contributed by atoms with Crippen molar-refractivity contribution in [3.8, 4) is 5.75 Å². The molecule has 1 saturated heterocycles. The molecular weight excluding hydrogens is 427 g/mol. The standard InChI is InChI=1S/C23H25FN6O3/c1-3-32-23(31)20-21(16-9-14(24)6-7-18(16)29(20)2)33-11-15-5-4-8-30(15)19-10-17-22(27-12-25-17)28-13-26-19/h6-7,9,13,15,25H,3-5,8,11-12H2,1-2H3,(H,26,27,28). The molecule has 172 valence electrons. The Bertz CT molecular complexity index is 1240. The number of ether oxygens (including phenoxy) is 2. The van der Waals surface area contributed by atoms with Crippen molar-refractivity contribution < 1.29 is 18.7 Å². The van der Waals surface area contributed by atoms with Crippen molar-refractivity contribution in [2.75, 3.05) is 26.4 Å². The number of aryl methyl sites for hydroxylation is 1. The Kier molecular flexibility index (Phi) is 5.51. The Balaban J connectivity index is 1.45. The molecule has 10 heteroatoms. The van der Waals surface area contributed by atoms with Gasteiger partial charge in [0.2, 0.25) is 0 Å². The summed E-state index contributed by atoms with van der Waals surface area (Å²) >= 11 is 0. The molecule has 0 saturated carbocycles. The Morgan fingerprint density at radius 2 is 2.27 bits per heavy atom. The van der Waals surface area contributed by atoms with E-state index in [0.717, 1.165) is 30.9 Å². The van der Waals surface area contributed by atoms with E-state index in [4.69, 9.17) is 9.47 Å². The maximum atomic E-state index is 14.1. The van der Waals surface area contributed by atoms with Gasteiger partial charge >= 0.3 is 5.97 Å². The lowest BCUT2D eigenvalue weighted by Crippen LogP contribution is -2.33. The van der Waals surface area contributed by atoms with Crippen LogP contribution in [0.5, 0.6) is 5.75 Å². The van der Waals surface area contributed by atoms with E-state index < -0.39 is 11.8 Å². The highest BCUT2D eigenvalue weighted by molar-refractivity contribution is 6.05. The first-order valence-electron chi connectivity index (χ1n) is 11.0. The number of carbonyl (C=O) groups is 1. The molecule has 1 unspecified atom stereocenters. The van der Waals surface area contributed by atoms with Crippen LogP contribution in [0.3, 0.4) is 0 Å². The number of rotatable bonds is 6. The van der Waals surface area contributed by atoms with Crippen LogP contribution >= 0.6 is 0 Å². The number of hydrogen-bond acceptors (Lipinski definition) is 8. The average Bonchev–Trinajstić information content (AvgIpc) is 3.47. The molecule has 1 aromatic carbocycles. The molecule has 1 fully saturated rings. The number of likely N-dealkylation sites (tertiary alicyclic amines) is 1. The highest BCUT2D eigenvalue weighted by Gasteiger charge is 2.30.